The van der Waals surface area contributed by atoms with Gasteiger partial charge in [0.05, 0.1) is 28.8 Å². The summed E-state index contributed by atoms with van der Waals surface area (Å²) in [4.78, 5) is 29.4. The number of nitrogens with zero attached hydrogens (tertiary/aromatic N) is 2. The van der Waals surface area contributed by atoms with Crippen LogP contribution in [0.25, 0.3) is 16.6 Å². The lowest BCUT2D eigenvalue weighted by atomic mass is 10.2. The monoisotopic (exact) mass is 386 g/mol. The van der Waals surface area contributed by atoms with E-state index in [1.54, 1.807) is 66.7 Å². The zero-order chi connectivity index (χ0) is 20.2. The van der Waals surface area contributed by atoms with E-state index in [1.807, 2.05) is 13.0 Å². The van der Waals surface area contributed by atoms with E-state index in [0.29, 0.717) is 40.3 Å². The van der Waals surface area contributed by atoms with Crippen LogP contribution in [0.5, 0.6) is 11.5 Å². The fourth-order valence-electron chi connectivity index (χ4n) is 2.95. The Balaban J connectivity index is 1.54. The molecular weight excluding hydrogens is 368 g/mol. The first kappa shape index (κ1) is 18.4. The number of ether oxygens (including phenoxy) is 2. The lowest BCUT2D eigenvalue weighted by molar-refractivity contribution is 0.0734. The van der Waals surface area contributed by atoms with Crippen molar-refractivity contribution >= 4 is 16.9 Å². The van der Waals surface area contributed by atoms with Crippen LogP contribution in [0.4, 0.5) is 0 Å². The minimum Gasteiger partial charge on any atom is -0.494 e. The number of benzene rings is 3. The second-order valence-corrected chi connectivity index (χ2v) is 6.28. The molecule has 0 saturated heterocycles. The Hall–Kier alpha value is -3.93. The summed E-state index contributed by atoms with van der Waals surface area (Å²) in [6, 6.07) is 20.6. The molecule has 4 aromatic rings. The molecule has 4 rings (SSSR count). The molecule has 0 atom stereocenters. The summed E-state index contributed by atoms with van der Waals surface area (Å²) in [7, 11) is 0. The van der Waals surface area contributed by atoms with Gasteiger partial charge in [0.1, 0.15) is 17.8 Å². The van der Waals surface area contributed by atoms with Crippen LogP contribution in [-0.4, -0.2) is 22.1 Å². The molecule has 144 valence electrons. The quantitative estimate of drug-likeness (QED) is 0.383. The molecule has 6 nitrogen and oxygen atoms in total. The molecule has 29 heavy (non-hydrogen) atoms. The van der Waals surface area contributed by atoms with Gasteiger partial charge in [0.25, 0.3) is 5.56 Å². The third kappa shape index (κ3) is 3.87. The molecule has 1 aromatic heterocycles. The van der Waals surface area contributed by atoms with Crippen molar-refractivity contribution in [2.24, 2.45) is 0 Å². The Morgan fingerprint density at radius 2 is 1.62 bits per heavy atom. The van der Waals surface area contributed by atoms with E-state index in [0.717, 1.165) is 0 Å². The third-order valence-electron chi connectivity index (χ3n) is 4.39. The predicted octanol–water partition coefficient (Wildman–Crippen LogP) is 4.00. The maximum Gasteiger partial charge on any atom is 0.343 e. The van der Waals surface area contributed by atoms with Crippen molar-refractivity contribution in [3.63, 3.8) is 0 Å². The summed E-state index contributed by atoms with van der Waals surface area (Å²) in [5, 5.41) is 0.536. The molecule has 0 spiro atoms. The van der Waals surface area contributed by atoms with E-state index >= 15 is 0 Å². The number of aromatic nitrogens is 2. The molecule has 0 aliphatic heterocycles. The van der Waals surface area contributed by atoms with Gasteiger partial charge in [-0.2, -0.15) is 0 Å². The summed E-state index contributed by atoms with van der Waals surface area (Å²) >= 11 is 0. The lowest BCUT2D eigenvalue weighted by Crippen LogP contribution is -2.19. The Labute approximate surface area is 167 Å². The first-order chi connectivity index (χ1) is 14.2. The van der Waals surface area contributed by atoms with Gasteiger partial charge in [-0.15, -0.1) is 0 Å². The Morgan fingerprint density at radius 1 is 0.931 bits per heavy atom. The van der Waals surface area contributed by atoms with E-state index in [4.69, 9.17) is 9.47 Å². The van der Waals surface area contributed by atoms with Gasteiger partial charge in [0.15, 0.2) is 0 Å². The molecule has 0 amide bonds. The third-order valence-corrected chi connectivity index (χ3v) is 4.39. The van der Waals surface area contributed by atoms with Crippen molar-refractivity contribution in [3.05, 3.63) is 95.0 Å². The van der Waals surface area contributed by atoms with Crippen molar-refractivity contribution in [1.29, 1.82) is 0 Å². The lowest BCUT2D eigenvalue weighted by Gasteiger charge is -2.08. The van der Waals surface area contributed by atoms with Gasteiger partial charge in [-0.25, -0.2) is 9.78 Å². The molecular formula is C23H18N2O4. The highest BCUT2D eigenvalue weighted by molar-refractivity contribution is 5.91. The average molecular weight is 386 g/mol. The van der Waals surface area contributed by atoms with Gasteiger partial charge >= 0.3 is 5.97 Å². The van der Waals surface area contributed by atoms with Crippen LogP contribution in [-0.2, 0) is 0 Å². The van der Waals surface area contributed by atoms with Gasteiger partial charge in [-0.3, -0.25) is 9.36 Å². The molecule has 0 aliphatic carbocycles. The topological polar surface area (TPSA) is 70.4 Å². The number of carbonyl (C=O) groups excluding carboxylic acids is 1. The molecule has 0 saturated carbocycles. The Bertz CT molecular complexity index is 1210. The maximum absolute atomic E-state index is 12.7. The Morgan fingerprint density at radius 3 is 2.34 bits per heavy atom. The van der Waals surface area contributed by atoms with Crippen molar-refractivity contribution in [2.75, 3.05) is 6.61 Å². The van der Waals surface area contributed by atoms with Crippen molar-refractivity contribution in [3.8, 4) is 17.2 Å². The van der Waals surface area contributed by atoms with Crippen LogP contribution in [0, 0.1) is 0 Å². The molecule has 0 aliphatic rings. The molecule has 0 fully saturated rings. The van der Waals surface area contributed by atoms with Gasteiger partial charge < -0.3 is 9.47 Å². The van der Waals surface area contributed by atoms with E-state index in [9.17, 15) is 9.59 Å². The standard InChI is InChI=1S/C23H18N2O4/c1-2-28-18-11-13-19(14-12-18)29-23(27)16-7-9-17(10-8-16)25-15-24-21-6-4-3-5-20(21)22(25)26/h3-15H,2H2,1H3. The summed E-state index contributed by atoms with van der Waals surface area (Å²) in [6.45, 7) is 2.47. The van der Waals surface area contributed by atoms with E-state index in [2.05, 4.69) is 4.98 Å². The van der Waals surface area contributed by atoms with Crippen molar-refractivity contribution in [1.82, 2.24) is 9.55 Å². The molecule has 3 aromatic carbocycles. The Kier molecular flexibility index (Phi) is 5.07. The SMILES string of the molecule is CCOc1ccc(OC(=O)c2ccc(-n3cnc4ccccc4c3=O)cc2)cc1. The summed E-state index contributed by atoms with van der Waals surface area (Å²) in [5.41, 5.74) is 1.47. The van der Waals surface area contributed by atoms with Crippen LogP contribution in [0.15, 0.2) is 83.9 Å². The predicted molar refractivity (Wildman–Crippen MR) is 110 cm³/mol. The molecule has 0 bridgehead atoms. The van der Waals surface area contributed by atoms with Gasteiger partial charge in [0, 0.05) is 0 Å². The molecule has 0 unspecified atom stereocenters. The number of fused-ring (bicyclic) bond motifs is 1. The largest absolute Gasteiger partial charge is 0.494 e. The minimum absolute atomic E-state index is 0.166. The minimum atomic E-state index is -0.482. The fourth-order valence-corrected chi connectivity index (χ4v) is 2.95. The second kappa shape index (κ2) is 7.98. The highest BCUT2D eigenvalue weighted by Crippen LogP contribution is 2.19. The highest BCUT2D eigenvalue weighted by Gasteiger charge is 2.10. The summed E-state index contributed by atoms with van der Waals surface area (Å²) in [5.74, 6) is 0.660. The van der Waals surface area contributed by atoms with E-state index in [1.165, 1.54) is 10.9 Å². The van der Waals surface area contributed by atoms with Crippen molar-refractivity contribution < 1.29 is 14.3 Å². The molecule has 1 heterocycles. The van der Waals surface area contributed by atoms with Crippen molar-refractivity contribution in [2.45, 2.75) is 6.92 Å². The number of esters is 1. The zero-order valence-electron chi connectivity index (χ0n) is 15.7. The smallest absolute Gasteiger partial charge is 0.343 e. The van der Waals surface area contributed by atoms with Crippen LogP contribution in [0.3, 0.4) is 0 Å². The zero-order valence-corrected chi connectivity index (χ0v) is 15.7. The van der Waals surface area contributed by atoms with Crippen LogP contribution in [0.1, 0.15) is 17.3 Å². The summed E-state index contributed by atoms with van der Waals surface area (Å²) < 4.78 is 12.2. The fraction of sp³-hybridized carbons (Fsp3) is 0.0870. The first-order valence-corrected chi connectivity index (χ1v) is 9.17. The van der Waals surface area contributed by atoms with E-state index in [-0.39, 0.29) is 5.56 Å². The highest BCUT2D eigenvalue weighted by atomic mass is 16.5. The normalized spacial score (nSPS) is 10.7. The van der Waals surface area contributed by atoms with Crippen LogP contribution < -0.4 is 15.0 Å². The molecule has 0 radical (unpaired) electrons. The number of para-hydroxylation sites is 1. The number of rotatable bonds is 5. The number of hydrogen-bond donors (Lipinski definition) is 0. The van der Waals surface area contributed by atoms with E-state index < -0.39 is 5.97 Å². The van der Waals surface area contributed by atoms with Gasteiger partial charge in [0.2, 0.25) is 0 Å². The van der Waals surface area contributed by atoms with Gasteiger partial charge in [-0.1, -0.05) is 12.1 Å². The van der Waals surface area contributed by atoms with Crippen LogP contribution >= 0.6 is 0 Å². The average Bonchev–Trinajstić information content (AvgIpc) is 2.76. The maximum atomic E-state index is 12.7. The number of hydrogen-bond acceptors (Lipinski definition) is 5. The van der Waals surface area contributed by atoms with Gasteiger partial charge in [-0.05, 0) is 67.6 Å². The first-order valence-electron chi connectivity index (χ1n) is 9.17. The summed E-state index contributed by atoms with van der Waals surface area (Å²) in [6.07, 6.45) is 1.48. The second-order valence-electron chi connectivity index (χ2n) is 6.28. The number of carbonyl (C=O) groups is 1. The van der Waals surface area contributed by atoms with Crippen LogP contribution in [0.2, 0.25) is 0 Å². The molecule has 6 heteroatoms. The molecule has 0 N–H and O–H groups in total.